The number of nitrogens with two attached hydrogens (primary N) is 1. The fourth-order valence-electron chi connectivity index (χ4n) is 2.53. The number of rotatable bonds is 7. The van der Waals surface area contributed by atoms with Crippen LogP contribution < -0.4 is 5.73 Å². The van der Waals surface area contributed by atoms with Crippen molar-refractivity contribution < 1.29 is 0 Å². The maximum absolute atomic E-state index is 6.06. The molecule has 20 heavy (non-hydrogen) atoms. The van der Waals surface area contributed by atoms with Gasteiger partial charge in [-0.1, -0.05) is 37.3 Å². The normalized spacial score (nSPS) is 12.8. The molecule has 1 aromatic heterocycles. The minimum Gasteiger partial charge on any atom is -0.329 e. The van der Waals surface area contributed by atoms with Crippen LogP contribution in [0.5, 0.6) is 0 Å². The van der Waals surface area contributed by atoms with Gasteiger partial charge in [0.15, 0.2) is 0 Å². The summed E-state index contributed by atoms with van der Waals surface area (Å²) in [6.07, 6.45) is 1.15. The maximum Gasteiger partial charge on any atom is 0.0567 e. The Labute approximate surface area is 126 Å². The zero-order valence-corrected chi connectivity index (χ0v) is 13.2. The number of nitrogens with zero attached hydrogens (tertiary/aromatic N) is 1. The van der Waals surface area contributed by atoms with E-state index in [2.05, 4.69) is 61.2 Å². The molecule has 0 aliphatic rings. The summed E-state index contributed by atoms with van der Waals surface area (Å²) < 4.78 is 0. The quantitative estimate of drug-likeness (QED) is 0.835. The Morgan fingerprint density at radius 1 is 1.15 bits per heavy atom. The Morgan fingerprint density at radius 3 is 2.45 bits per heavy atom. The molecule has 1 heterocycles. The van der Waals surface area contributed by atoms with Gasteiger partial charge in [0.2, 0.25) is 0 Å². The second-order valence-electron chi connectivity index (χ2n) is 5.16. The molecule has 0 fully saturated rings. The third-order valence-electron chi connectivity index (χ3n) is 3.49. The number of benzene rings is 1. The predicted molar refractivity (Wildman–Crippen MR) is 88.0 cm³/mol. The van der Waals surface area contributed by atoms with E-state index in [0.717, 1.165) is 19.5 Å². The molecule has 1 aromatic carbocycles. The highest BCUT2D eigenvalue weighted by Crippen LogP contribution is 2.28. The topological polar surface area (TPSA) is 29.3 Å². The molecule has 2 nitrogen and oxygen atoms in total. The summed E-state index contributed by atoms with van der Waals surface area (Å²) in [6, 6.07) is 15.4. The predicted octanol–water partition coefficient (Wildman–Crippen LogP) is 3.97. The van der Waals surface area contributed by atoms with Crippen molar-refractivity contribution in [3.63, 3.8) is 0 Å². The summed E-state index contributed by atoms with van der Waals surface area (Å²) in [5.41, 5.74) is 7.42. The zero-order chi connectivity index (χ0) is 14.4. The molecule has 0 bridgehead atoms. The number of thiophene rings is 1. The number of hydrogen-bond donors (Lipinski definition) is 1. The van der Waals surface area contributed by atoms with Crippen molar-refractivity contribution >= 4 is 11.3 Å². The van der Waals surface area contributed by atoms with E-state index in [1.807, 2.05) is 11.3 Å². The molecule has 3 heteroatoms. The Kier molecular flexibility index (Phi) is 5.77. The van der Waals surface area contributed by atoms with Crippen molar-refractivity contribution in [2.24, 2.45) is 5.73 Å². The molecular weight excluding hydrogens is 264 g/mol. The molecule has 0 saturated heterocycles. The molecule has 0 saturated carbocycles. The molecule has 0 amide bonds. The minimum absolute atomic E-state index is 0.328. The third kappa shape index (κ3) is 3.92. The Bertz CT molecular complexity index is 507. The van der Waals surface area contributed by atoms with Crippen molar-refractivity contribution in [1.29, 1.82) is 0 Å². The van der Waals surface area contributed by atoms with Gasteiger partial charge in [-0.25, -0.2) is 0 Å². The van der Waals surface area contributed by atoms with Gasteiger partial charge in [-0.2, -0.15) is 0 Å². The van der Waals surface area contributed by atoms with Crippen LogP contribution in [0, 0.1) is 6.92 Å². The summed E-state index contributed by atoms with van der Waals surface area (Å²) in [5.74, 6) is 0. The SMILES string of the molecule is CCCN(Cc1ccccc1)C(CN)c1ccc(C)s1. The molecule has 0 aliphatic carbocycles. The first-order valence-electron chi connectivity index (χ1n) is 7.29. The Morgan fingerprint density at radius 2 is 1.90 bits per heavy atom. The van der Waals surface area contributed by atoms with E-state index in [-0.39, 0.29) is 0 Å². The van der Waals surface area contributed by atoms with E-state index in [1.54, 1.807) is 0 Å². The van der Waals surface area contributed by atoms with Gasteiger partial charge in [0.25, 0.3) is 0 Å². The van der Waals surface area contributed by atoms with Crippen LogP contribution in [0.2, 0.25) is 0 Å². The maximum atomic E-state index is 6.06. The highest BCUT2D eigenvalue weighted by molar-refractivity contribution is 7.12. The van der Waals surface area contributed by atoms with E-state index in [1.165, 1.54) is 15.3 Å². The first-order valence-corrected chi connectivity index (χ1v) is 8.10. The average molecular weight is 288 g/mol. The standard InChI is InChI=1S/C17H24N2S/c1-3-11-19(13-15-7-5-4-6-8-15)16(12-18)17-10-9-14(2)20-17/h4-10,16H,3,11-13,18H2,1-2H3. The minimum atomic E-state index is 0.328. The zero-order valence-electron chi connectivity index (χ0n) is 12.4. The highest BCUT2D eigenvalue weighted by Gasteiger charge is 2.20. The van der Waals surface area contributed by atoms with Gasteiger partial charge >= 0.3 is 0 Å². The van der Waals surface area contributed by atoms with Crippen molar-refractivity contribution in [3.8, 4) is 0 Å². The summed E-state index contributed by atoms with van der Waals surface area (Å²) in [4.78, 5) is 5.24. The van der Waals surface area contributed by atoms with Crippen LogP contribution in [0.15, 0.2) is 42.5 Å². The smallest absolute Gasteiger partial charge is 0.0567 e. The lowest BCUT2D eigenvalue weighted by Gasteiger charge is -2.30. The third-order valence-corrected chi connectivity index (χ3v) is 4.59. The van der Waals surface area contributed by atoms with Gasteiger partial charge in [0.05, 0.1) is 6.04 Å². The van der Waals surface area contributed by atoms with Crippen LogP contribution >= 0.6 is 11.3 Å². The summed E-state index contributed by atoms with van der Waals surface area (Å²) in [7, 11) is 0. The van der Waals surface area contributed by atoms with E-state index in [4.69, 9.17) is 5.73 Å². The van der Waals surface area contributed by atoms with E-state index in [0.29, 0.717) is 12.6 Å². The molecule has 2 N–H and O–H groups in total. The largest absolute Gasteiger partial charge is 0.329 e. The molecule has 0 spiro atoms. The van der Waals surface area contributed by atoms with Crippen molar-refractivity contribution in [2.75, 3.05) is 13.1 Å². The molecule has 1 atom stereocenters. The first-order chi connectivity index (χ1) is 9.74. The average Bonchev–Trinajstić information content (AvgIpc) is 2.87. The van der Waals surface area contributed by atoms with E-state index in [9.17, 15) is 0 Å². The van der Waals surface area contributed by atoms with Crippen molar-refractivity contribution in [1.82, 2.24) is 4.90 Å². The fraction of sp³-hybridized carbons (Fsp3) is 0.412. The monoisotopic (exact) mass is 288 g/mol. The summed E-state index contributed by atoms with van der Waals surface area (Å²) >= 11 is 1.86. The van der Waals surface area contributed by atoms with Gasteiger partial charge in [-0.3, -0.25) is 4.90 Å². The molecule has 2 rings (SSSR count). The number of hydrogen-bond acceptors (Lipinski definition) is 3. The Balaban J connectivity index is 2.17. The van der Waals surface area contributed by atoms with E-state index < -0.39 is 0 Å². The van der Waals surface area contributed by atoms with Gasteiger partial charge < -0.3 is 5.73 Å². The molecule has 108 valence electrons. The summed E-state index contributed by atoms with van der Waals surface area (Å²) in [5, 5.41) is 0. The van der Waals surface area contributed by atoms with Crippen LogP contribution in [0.25, 0.3) is 0 Å². The van der Waals surface area contributed by atoms with Crippen molar-refractivity contribution in [2.45, 2.75) is 32.9 Å². The van der Waals surface area contributed by atoms with Crippen LogP contribution in [-0.4, -0.2) is 18.0 Å². The van der Waals surface area contributed by atoms with Crippen LogP contribution in [-0.2, 0) is 6.54 Å². The second kappa shape index (κ2) is 7.58. The van der Waals surface area contributed by atoms with Crippen LogP contribution in [0.1, 0.15) is 34.7 Å². The lowest BCUT2D eigenvalue weighted by atomic mass is 10.1. The second-order valence-corrected chi connectivity index (χ2v) is 6.48. The molecule has 1 unspecified atom stereocenters. The summed E-state index contributed by atoms with van der Waals surface area (Å²) in [6.45, 7) is 7.10. The first kappa shape index (κ1) is 15.2. The van der Waals surface area contributed by atoms with Gasteiger partial charge in [-0.05, 0) is 37.6 Å². The highest BCUT2D eigenvalue weighted by atomic mass is 32.1. The van der Waals surface area contributed by atoms with Gasteiger partial charge in [0, 0.05) is 22.8 Å². The van der Waals surface area contributed by atoms with Crippen LogP contribution in [0.3, 0.4) is 0 Å². The lowest BCUT2D eigenvalue weighted by Crippen LogP contribution is -2.33. The Hall–Kier alpha value is -1.16. The molecule has 0 radical (unpaired) electrons. The molecule has 0 aliphatic heterocycles. The van der Waals surface area contributed by atoms with E-state index >= 15 is 0 Å². The van der Waals surface area contributed by atoms with Gasteiger partial charge in [0.1, 0.15) is 0 Å². The number of aryl methyl sites for hydroxylation is 1. The van der Waals surface area contributed by atoms with Gasteiger partial charge in [-0.15, -0.1) is 11.3 Å². The van der Waals surface area contributed by atoms with Crippen LogP contribution in [0.4, 0.5) is 0 Å². The molecule has 2 aromatic rings. The van der Waals surface area contributed by atoms with Crippen molar-refractivity contribution in [3.05, 3.63) is 57.8 Å². The fourth-order valence-corrected chi connectivity index (χ4v) is 3.55. The molecular formula is C17H24N2S. The lowest BCUT2D eigenvalue weighted by molar-refractivity contribution is 0.195.